The number of rotatable bonds is 5. The second kappa shape index (κ2) is 7.63. The highest BCUT2D eigenvalue weighted by Crippen LogP contribution is 2.30. The Bertz CT molecular complexity index is 1040. The molecule has 0 saturated carbocycles. The van der Waals surface area contributed by atoms with Crippen LogP contribution in [0.2, 0.25) is 0 Å². The van der Waals surface area contributed by atoms with E-state index in [9.17, 15) is 13.2 Å². The van der Waals surface area contributed by atoms with E-state index in [0.29, 0.717) is 6.54 Å². The first-order valence-electron chi connectivity index (χ1n) is 9.21. The minimum Gasteiger partial charge on any atom is -0.455 e. The number of hydrogen-bond acceptors (Lipinski definition) is 5. The van der Waals surface area contributed by atoms with E-state index in [1.165, 1.54) is 0 Å². The summed E-state index contributed by atoms with van der Waals surface area (Å²) in [5, 5.41) is 0. The Morgan fingerprint density at radius 2 is 2.00 bits per heavy atom. The fourth-order valence-electron chi connectivity index (χ4n) is 3.53. The molecule has 7 nitrogen and oxygen atoms in total. The molecule has 3 heterocycles. The number of amides is 1. The van der Waals surface area contributed by atoms with Crippen molar-refractivity contribution in [2.24, 2.45) is 0 Å². The Labute approximate surface area is 163 Å². The number of sulfone groups is 1. The van der Waals surface area contributed by atoms with Gasteiger partial charge in [-0.15, -0.1) is 0 Å². The molecule has 1 amide bonds. The van der Waals surface area contributed by atoms with Crippen molar-refractivity contribution in [1.29, 1.82) is 0 Å². The standard InChI is InChI=1S/C20H21N3O4S/c24-20(23-13-5-4-8-17(23)19-21-11-12-22-19)18-10-9-15(27-18)14-28(25,26)16-6-2-1-3-7-16/h1-3,6-7,9-12,17H,4-5,8,13-14H2,(H,21,22)/t17-/m1/s1. The van der Waals surface area contributed by atoms with E-state index in [2.05, 4.69) is 9.97 Å². The summed E-state index contributed by atoms with van der Waals surface area (Å²) in [6.07, 6.45) is 6.18. The normalized spacial score (nSPS) is 17.6. The molecule has 0 spiro atoms. The van der Waals surface area contributed by atoms with E-state index in [1.807, 2.05) is 0 Å². The number of piperidine rings is 1. The van der Waals surface area contributed by atoms with Gasteiger partial charge in [0.25, 0.3) is 5.91 Å². The van der Waals surface area contributed by atoms with E-state index in [-0.39, 0.29) is 34.1 Å². The van der Waals surface area contributed by atoms with Gasteiger partial charge in [-0.25, -0.2) is 13.4 Å². The maximum absolute atomic E-state index is 13.0. The van der Waals surface area contributed by atoms with Gasteiger partial charge in [-0.3, -0.25) is 4.79 Å². The van der Waals surface area contributed by atoms with E-state index >= 15 is 0 Å². The van der Waals surface area contributed by atoms with Gasteiger partial charge in [0.2, 0.25) is 0 Å². The van der Waals surface area contributed by atoms with Crippen molar-refractivity contribution in [3.63, 3.8) is 0 Å². The first-order chi connectivity index (χ1) is 13.5. The number of furan rings is 1. The van der Waals surface area contributed by atoms with Crippen molar-refractivity contribution >= 4 is 15.7 Å². The average molecular weight is 399 g/mol. The van der Waals surface area contributed by atoms with Crippen LogP contribution >= 0.6 is 0 Å². The molecule has 0 aliphatic carbocycles. The quantitative estimate of drug-likeness (QED) is 0.710. The number of benzene rings is 1. The Kier molecular flexibility index (Phi) is 5.04. The average Bonchev–Trinajstić information content (AvgIpc) is 3.40. The van der Waals surface area contributed by atoms with Gasteiger partial charge >= 0.3 is 0 Å². The van der Waals surface area contributed by atoms with Gasteiger partial charge in [0, 0.05) is 18.9 Å². The lowest BCUT2D eigenvalue weighted by molar-refractivity contribution is 0.0567. The molecule has 0 bridgehead atoms. The maximum Gasteiger partial charge on any atom is 0.290 e. The van der Waals surface area contributed by atoms with Crippen molar-refractivity contribution in [3.8, 4) is 0 Å². The van der Waals surface area contributed by atoms with Gasteiger partial charge in [0.15, 0.2) is 15.6 Å². The number of carbonyl (C=O) groups excluding carboxylic acids is 1. The smallest absolute Gasteiger partial charge is 0.290 e. The van der Waals surface area contributed by atoms with Crippen LogP contribution in [0.25, 0.3) is 0 Å². The number of aromatic nitrogens is 2. The molecule has 1 aromatic carbocycles. The van der Waals surface area contributed by atoms with Crippen LogP contribution < -0.4 is 0 Å². The second-order valence-corrected chi connectivity index (χ2v) is 8.81. The number of aromatic amines is 1. The van der Waals surface area contributed by atoms with E-state index in [4.69, 9.17) is 4.42 Å². The number of nitrogens with zero attached hydrogens (tertiary/aromatic N) is 2. The Morgan fingerprint density at radius 1 is 1.18 bits per heavy atom. The Hall–Kier alpha value is -2.87. The molecule has 1 aliphatic heterocycles. The molecule has 2 aromatic heterocycles. The number of hydrogen-bond donors (Lipinski definition) is 1. The lowest BCUT2D eigenvalue weighted by atomic mass is 10.0. The van der Waals surface area contributed by atoms with E-state index in [1.54, 1.807) is 59.8 Å². The van der Waals surface area contributed by atoms with Crippen molar-refractivity contribution in [1.82, 2.24) is 14.9 Å². The summed E-state index contributed by atoms with van der Waals surface area (Å²) < 4.78 is 30.7. The van der Waals surface area contributed by atoms with Crippen molar-refractivity contribution in [3.05, 3.63) is 72.2 Å². The summed E-state index contributed by atoms with van der Waals surface area (Å²) in [5.74, 6) is 0.623. The van der Waals surface area contributed by atoms with E-state index in [0.717, 1.165) is 25.1 Å². The minimum absolute atomic E-state index is 0.127. The lowest BCUT2D eigenvalue weighted by Gasteiger charge is -2.33. The summed E-state index contributed by atoms with van der Waals surface area (Å²) in [6, 6.07) is 11.2. The molecule has 1 saturated heterocycles. The van der Waals surface area contributed by atoms with Crippen molar-refractivity contribution in [2.75, 3.05) is 6.54 Å². The molecule has 3 aromatic rings. The summed E-state index contributed by atoms with van der Waals surface area (Å²) in [7, 11) is -3.53. The van der Waals surface area contributed by atoms with Gasteiger partial charge in [-0.2, -0.15) is 0 Å². The fourth-order valence-corrected chi connectivity index (χ4v) is 4.80. The molecule has 0 unspecified atom stereocenters. The monoisotopic (exact) mass is 399 g/mol. The molecular weight excluding hydrogens is 378 g/mol. The van der Waals surface area contributed by atoms with Crippen LogP contribution in [0.5, 0.6) is 0 Å². The second-order valence-electron chi connectivity index (χ2n) is 6.82. The number of H-pyrrole nitrogens is 1. The SMILES string of the molecule is O=C(c1ccc(CS(=O)(=O)c2ccccc2)o1)N1CCCC[C@@H]1c1ncc[nH]1. The van der Waals surface area contributed by atoms with Gasteiger partial charge in [0.05, 0.1) is 10.9 Å². The van der Waals surface area contributed by atoms with Crippen LogP contribution in [0.3, 0.4) is 0 Å². The number of imidazole rings is 1. The van der Waals surface area contributed by atoms with Crippen LogP contribution in [0.15, 0.2) is 64.2 Å². The number of likely N-dealkylation sites (tertiary alicyclic amines) is 1. The third kappa shape index (κ3) is 3.73. The predicted molar refractivity (Wildman–Crippen MR) is 102 cm³/mol. The Morgan fingerprint density at radius 3 is 2.75 bits per heavy atom. The highest BCUT2D eigenvalue weighted by molar-refractivity contribution is 7.90. The molecule has 1 N–H and O–H groups in total. The van der Waals surface area contributed by atoms with Crippen LogP contribution in [0, 0.1) is 0 Å². The molecule has 1 aliphatic rings. The lowest BCUT2D eigenvalue weighted by Crippen LogP contribution is -2.38. The topological polar surface area (TPSA) is 96.3 Å². The first-order valence-corrected chi connectivity index (χ1v) is 10.9. The zero-order chi connectivity index (χ0) is 19.6. The highest BCUT2D eigenvalue weighted by atomic mass is 32.2. The molecular formula is C20H21N3O4S. The van der Waals surface area contributed by atoms with Gasteiger partial charge in [-0.1, -0.05) is 18.2 Å². The molecule has 0 radical (unpaired) electrons. The molecule has 146 valence electrons. The van der Waals surface area contributed by atoms with Crippen LogP contribution in [0.4, 0.5) is 0 Å². The predicted octanol–water partition coefficient (Wildman–Crippen LogP) is 3.34. The Balaban J connectivity index is 1.53. The van der Waals surface area contributed by atoms with Crippen LogP contribution in [-0.2, 0) is 15.6 Å². The summed E-state index contributed by atoms with van der Waals surface area (Å²) in [4.78, 5) is 22.3. The highest BCUT2D eigenvalue weighted by Gasteiger charge is 2.32. The molecule has 1 fully saturated rings. The summed E-state index contributed by atoms with van der Waals surface area (Å²) in [5.41, 5.74) is 0. The van der Waals surface area contributed by atoms with Gasteiger partial charge in [0.1, 0.15) is 17.3 Å². The molecule has 28 heavy (non-hydrogen) atoms. The van der Waals surface area contributed by atoms with Crippen molar-refractivity contribution < 1.29 is 17.6 Å². The zero-order valence-corrected chi connectivity index (χ0v) is 16.1. The third-order valence-corrected chi connectivity index (χ3v) is 6.56. The fraction of sp³-hybridized carbons (Fsp3) is 0.300. The molecule has 8 heteroatoms. The number of carbonyl (C=O) groups is 1. The number of nitrogens with one attached hydrogen (secondary N) is 1. The summed E-state index contributed by atoms with van der Waals surface area (Å²) >= 11 is 0. The maximum atomic E-state index is 13.0. The molecule has 4 rings (SSSR count). The van der Waals surface area contributed by atoms with Gasteiger partial charge in [-0.05, 0) is 43.5 Å². The largest absolute Gasteiger partial charge is 0.455 e. The minimum atomic E-state index is -3.53. The first kappa shape index (κ1) is 18.5. The van der Waals surface area contributed by atoms with Crippen molar-refractivity contribution in [2.45, 2.75) is 36.0 Å². The zero-order valence-electron chi connectivity index (χ0n) is 15.2. The van der Waals surface area contributed by atoms with E-state index < -0.39 is 9.84 Å². The molecule has 1 atom stereocenters. The van der Waals surface area contributed by atoms with Crippen LogP contribution in [-0.4, -0.2) is 35.7 Å². The summed E-state index contributed by atoms with van der Waals surface area (Å²) in [6.45, 7) is 0.614. The van der Waals surface area contributed by atoms with Gasteiger partial charge < -0.3 is 14.3 Å². The van der Waals surface area contributed by atoms with Crippen LogP contribution in [0.1, 0.15) is 47.4 Å². The third-order valence-electron chi connectivity index (χ3n) is 4.91.